The number of ether oxygens (including phenoxy) is 1. The van der Waals surface area contributed by atoms with E-state index in [4.69, 9.17) is 4.74 Å². The molecule has 0 radical (unpaired) electrons. The normalized spacial score (nSPS) is 26.6. The van der Waals surface area contributed by atoms with Gasteiger partial charge in [0.05, 0.1) is 24.4 Å². The molecule has 31 heavy (non-hydrogen) atoms. The van der Waals surface area contributed by atoms with Crippen LogP contribution in [0.1, 0.15) is 68.5 Å². The lowest BCUT2D eigenvalue weighted by molar-refractivity contribution is -0.0171. The number of piperidine rings is 1. The van der Waals surface area contributed by atoms with Gasteiger partial charge in [-0.15, -0.1) is 0 Å². The molecule has 1 aliphatic carbocycles. The van der Waals surface area contributed by atoms with Crippen molar-refractivity contribution in [2.75, 3.05) is 19.7 Å². The van der Waals surface area contributed by atoms with Crippen LogP contribution >= 0.6 is 0 Å². The highest BCUT2D eigenvalue weighted by Crippen LogP contribution is 2.36. The average Bonchev–Trinajstić information content (AvgIpc) is 3.24. The van der Waals surface area contributed by atoms with Crippen molar-refractivity contribution in [3.63, 3.8) is 0 Å². The Labute approximate surface area is 186 Å². The number of aromatic nitrogens is 2. The van der Waals surface area contributed by atoms with Gasteiger partial charge in [-0.3, -0.25) is 4.68 Å². The number of likely N-dealkylation sites (tertiary alicyclic amines) is 1. The largest absolute Gasteiger partial charge is 0.376 e. The van der Waals surface area contributed by atoms with Crippen molar-refractivity contribution in [3.05, 3.63) is 53.9 Å². The first-order valence-corrected chi connectivity index (χ1v) is 11.9. The van der Waals surface area contributed by atoms with Gasteiger partial charge in [0.25, 0.3) is 0 Å². The zero-order valence-corrected chi connectivity index (χ0v) is 18.9. The summed E-state index contributed by atoms with van der Waals surface area (Å²) in [4.78, 5) is 14.8. The van der Waals surface area contributed by atoms with Crippen LogP contribution in [-0.4, -0.2) is 52.6 Å². The van der Waals surface area contributed by atoms with Gasteiger partial charge < -0.3 is 15.0 Å². The van der Waals surface area contributed by atoms with Crippen molar-refractivity contribution in [1.82, 2.24) is 20.0 Å². The van der Waals surface area contributed by atoms with Gasteiger partial charge in [-0.25, -0.2) is 4.79 Å². The zero-order chi connectivity index (χ0) is 21.6. The predicted molar refractivity (Wildman–Crippen MR) is 122 cm³/mol. The molecule has 2 amide bonds. The van der Waals surface area contributed by atoms with Crippen LogP contribution < -0.4 is 5.32 Å². The molecule has 1 aromatic heterocycles. The summed E-state index contributed by atoms with van der Waals surface area (Å²) in [5.74, 6) is 0.863. The van der Waals surface area contributed by atoms with Gasteiger partial charge >= 0.3 is 6.03 Å². The lowest BCUT2D eigenvalue weighted by Gasteiger charge is -2.41. The summed E-state index contributed by atoms with van der Waals surface area (Å²) in [5.41, 5.74) is 2.52. The maximum absolute atomic E-state index is 12.8. The molecule has 0 spiro atoms. The van der Waals surface area contributed by atoms with Crippen LogP contribution in [0.4, 0.5) is 4.79 Å². The quantitative estimate of drug-likeness (QED) is 0.746. The van der Waals surface area contributed by atoms with E-state index in [1.54, 1.807) is 0 Å². The Balaban J connectivity index is 1.39. The first-order valence-electron chi connectivity index (χ1n) is 11.9. The third-order valence-corrected chi connectivity index (χ3v) is 6.93. The highest BCUT2D eigenvalue weighted by molar-refractivity contribution is 5.74. The highest BCUT2D eigenvalue weighted by Gasteiger charge is 2.37. The van der Waals surface area contributed by atoms with Crippen LogP contribution in [0.5, 0.6) is 0 Å². The average molecular weight is 425 g/mol. The number of nitrogens with zero attached hydrogens (tertiary/aromatic N) is 3. The lowest BCUT2D eigenvalue weighted by atomic mass is 9.82. The molecule has 4 rings (SSSR count). The standard InChI is InChI=1S/C25H36N4O2/c1-3-26-25(30)29-16-7-10-22(23-15-17-28(2)27-23)24(29)18-31-21-13-11-20(12-14-21)19-8-5-4-6-9-19/h4-6,8-9,15,17,20-22,24H,3,7,10-14,16,18H2,1-2H3,(H,26,30). The molecule has 2 heterocycles. The van der Waals surface area contributed by atoms with Gasteiger partial charge in [-0.05, 0) is 63.0 Å². The fourth-order valence-corrected chi connectivity index (χ4v) is 5.27. The van der Waals surface area contributed by atoms with Crippen molar-refractivity contribution in [2.45, 2.75) is 69.4 Å². The summed E-state index contributed by atoms with van der Waals surface area (Å²) >= 11 is 0. The van der Waals surface area contributed by atoms with Gasteiger partial charge in [-0.2, -0.15) is 5.10 Å². The lowest BCUT2D eigenvalue weighted by Crippen LogP contribution is -2.53. The number of hydrogen-bond acceptors (Lipinski definition) is 3. The van der Waals surface area contributed by atoms with E-state index in [-0.39, 0.29) is 24.1 Å². The Morgan fingerprint density at radius 1 is 1.13 bits per heavy atom. The minimum atomic E-state index is 0.0181. The minimum Gasteiger partial charge on any atom is -0.376 e. The summed E-state index contributed by atoms with van der Waals surface area (Å²) in [6.07, 6.45) is 8.82. The van der Waals surface area contributed by atoms with Gasteiger partial charge in [0.2, 0.25) is 0 Å². The van der Waals surface area contributed by atoms with Crippen LogP contribution in [0.15, 0.2) is 42.6 Å². The van der Waals surface area contributed by atoms with E-state index in [2.05, 4.69) is 46.8 Å². The van der Waals surface area contributed by atoms with Crippen LogP contribution in [0.25, 0.3) is 0 Å². The van der Waals surface area contributed by atoms with Crippen molar-refractivity contribution >= 4 is 6.03 Å². The fraction of sp³-hybridized carbons (Fsp3) is 0.600. The van der Waals surface area contributed by atoms with E-state index in [9.17, 15) is 4.79 Å². The van der Waals surface area contributed by atoms with E-state index < -0.39 is 0 Å². The topological polar surface area (TPSA) is 59.4 Å². The molecule has 0 bridgehead atoms. The number of rotatable bonds is 6. The van der Waals surface area contributed by atoms with E-state index >= 15 is 0 Å². The third-order valence-electron chi connectivity index (χ3n) is 6.93. The molecule has 2 atom stereocenters. The van der Waals surface area contributed by atoms with Crippen LogP contribution in [0, 0.1) is 0 Å². The third kappa shape index (κ3) is 5.29. The van der Waals surface area contributed by atoms with Crippen LogP contribution in [-0.2, 0) is 11.8 Å². The molecule has 6 heteroatoms. The summed E-state index contributed by atoms with van der Waals surface area (Å²) in [6, 6.07) is 13.0. The van der Waals surface area contributed by atoms with Gasteiger partial charge in [0, 0.05) is 32.3 Å². The Morgan fingerprint density at radius 3 is 2.58 bits per heavy atom. The molecule has 1 saturated carbocycles. The Morgan fingerprint density at radius 2 is 1.90 bits per heavy atom. The predicted octanol–water partition coefficient (Wildman–Crippen LogP) is 4.44. The summed E-state index contributed by atoms with van der Waals surface area (Å²) in [7, 11) is 1.95. The number of benzene rings is 1. The van der Waals surface area contributed by atoms with Gasteiger partial charge in [0.1, 0.15) is 0 Å². The molecule has 1 aromatic carbocycles. The Bertz CT molecular complexity index is 829. The molecule has 2 aromatic rings. The second-order valence-corrected chi connectivity index (χ2v) is 8.98. The van der Waals surface area contributed by atoms with Gasteiger partial charge in [-0.1, -0.05) is 30.3 Å². The van der Waals surface area contributed by atoms with E-state index in [0.717, 1.165) is 37.9 Å². The molecule has 1 aliphatic heterocycles. The number of aryl methyl sites for hydroxylation is 1. The van der Waals surface area contributed by atoms with Crippen LogP contribution in [0.3, 0.4) is 0 Å². The minimum absolute atomic E-state index is 0.0181. The van der Waals surface area contributed by atoms with E-state index in [1.165, 1.54) is 18.4 Å². The number of hydrogen-bond donors (Lipinski definition) is 1. The molecule has 2 aliphatic rings. The van der Waals surface area contributed by atoms with E-state index in [0.29, 0.717) is 19.1 Å². The smallest absolute Gasteiger partial charge is 0.317 e. The molecule has 2 fully saturated rings. The van der Waals surface area contributed by atoms with Gasteiger partial charge in [0.15, 0.2) is 0 Å². The Hall–Kier alpha value is -2.34. The molecular formula is C25H36N4O2. The maximum atomic E-state index is 12.8. The summed E-state index contributed by atoms with van der Waals surface area (Å²) < 4.78 is 8.32. The zero-order valence-electron chi connectivity index (χ0n) is 18.9. The number of amides is 2. The number of nitrogens with one attached hydrogen (secondary N) is 1. The maximum Gasteiger partial charge on any atom is 0.317 e. The second kappa shape index (κ2) is 10.3. The number of carbonyl (C=O) groups is 1. The first kappa shape index (κ1) is 21.9. The SMILES string of the molecule is CCNC(=O)N1CCCC(c2ccn(C)n2)C1COC1CCC(c2ccccc2)CC1. The number of urea groups is 1. The highest BCUT2D eigenvalue weighted by atomic mass is 16.5. The molecule has 6 nitrogen and oxygen atoms in total. The van der Waals surface area contributed by atoms with Crippen LogP contribution in [0.2, 0.25) is 0 Å². The van der Waals surface area contributed by atoms with E-state index in [1.807, 2.05) is 29.7 Å². The fourth-order valence-electron chi connectivity index (χ4n) is 5.27. The Kier molecular flexibility index (Phi) is 7.28. The molecule has 2 unspecified atom stereocenters. The molecule has 1 N–H and O–H groups in total. The molecule has 168 valence electrons. The summed E-state index contributed by atoms with van der Waals surface area (Å²) in [6.45, 7) is 3.97. The van der Waals surface area contributed by atoms with Crippen molar-refractivity contribution in [3.8, 4) is 0 Å². The second-order valence-electron chi connectivity index (χ2n) is 8.98. The molecular weight excluding hydrogens is 388 g/mol. The van der Waals surface area contributed by atoms with Crippen molar-refractivity contribution in [1.29, 1.82) is 0 Å². The van der Waals surface area contributed by atoms with Crippen molar-refractivity contribution in [2.24, 2.45) is 7.05 Å². The summed E-state index contributed by atoms with van der Waals surface area (Å²) in [5, 5.41) is 7.66. The number of carbonyl (C=O) groups excluding carboxylic acids is 1. The van der Waals surface area contributed by atoms with Crippen molar-refractivity contribution < 1.29 is 9.53 Å². The molecule has 1 saturated heterocycles. The monoisotopic (exact) mass is 424 g/mol. The first-order chi connectivity index (χ1) is 15.2.